The summed E-state index contributed by atoms with van der Waals surface area (Å²) in [5.41, 5.74) is 2.08. The Bertz CT molecular complexity index is 1110. The lowest BCUT2D eigenvalue weighted by Gasteiger charge is -2.39. The Hall–Kier alpha value is -2.73. The van der Waals surface area contributed by atoms with Crippen molar-refractivity contribution in [3.05, 3.63) is 71.5 Å². The standard InChI is InChI=1S/C31H38FN3O2/c32-27-10-8-24(9-11-27)19-34-17-14-31(30(34)37)12-15-33(16-13-31)20-26-21-35(29(36)18-23-6-7-23)22-28(26)25-4-2-1-3-5-25/h1-5,8-11,23,26,28H,6-7,12-22H2. The van der Waals surface area contributed by atoms with Crippen molar-refractivity contribution in [3.8, 4) is 0 Å². The molecule has 37 heavy (non-hydrogen) atoms. The molecule has 1 saturated carbocycles. The van der Waals surface area contributed by atoms with Crippen molar-refractivity contribution in [1.82, 2.24) is 14.7 Å². The van der Waals surface area contributed by atoms with E-state index in [1.54, 1.807) is 12.1 Å². The van der Waals surface area contributed by atoms with Gasteiger partial charge in [-0.1, -0.05) is 42.5 Å². The van der Waals surface area contributed by atoms with Crippen LogP contribution in [-0.2, 0) is 16.1 Å². The molecule has 6 heteroatoms. The zero-order chi connectivity index (χ0) is 25.4. The van der Waals surface area contributed by atoms with E-state index in [1.165, 1.54) is 30.5 Å². The number of hydrogen-bond acceptors (Lipinski definition) is 3. The number of benzene rings is 2. The molecular formula is C31H38FN3O2. The second-order valence-electron chi connectivity index (χ2n) is 11.9. The van der Waals surface area contributed by atoms with Crippen LogP contribution >= 0.6 is 0 Å². The van der Waals surface area contributed by atoms with Crippen LogP contribution < -0.4 is 0 Å². The van der Waals surface area contributed by atoms with E-state index >= 15 is 0 Å². The minimum atomic E-state index is -0.243. The summed E-state index contributed by atoms with van der Waals surface area (Å²) in [7, 11) is 0. The first-order chi connectivity index (χ1) is 18.0. The Kier molecular flexibility index (Phi) is 6.78. The molecule has 4 fully saturated rings. The average molecular weight is 504 g/mol. The zero-order valence-corrected chi connectivity index (χ0v) is 21.7. The molecule has 3 saturated heterocycles. The van der Waals surface area contributed by atoms with Crippen LogP contribution in [0.2, 0.25) is 0 Å². The fourth-order valence-corrected chi connectivity index (χ4v) is 6.85. The van der Waals surface area contributed by atoms with E-state index in [0.29, 0.717) is 30.2 Å². The van der Waals surface area contributed by atoms with Gasteiger partial charge in [0, 0.05) is 45.1 Å². The summed E-state index contributed by atoms with van der Waals surface area (Å²) in [6.45, 7) is 5.87. The van der Waals surface area contributed by atoms with Crippen LogP contribution in [0.1, 0.15) is 55.6 Å². The Morgan fingerprint density at radius 2 is 1.62 bits per heavy atom. The van der Waals surface area contributed by atoms with Gasteiger partial charge < -0.3 is 14.7 Å². The molecular weight excluding hydrogens is 465 g/mol. The predicted molar refractivity (Wildman–Crippen MR) is 141 cm³/mol. The summed E-state index contributed by atoms with van der Waals surface area (Å²) >= 11 is 0. The molecule has 196 valence electrons. The summed E-state index contributed by atoms with van der Waals surface area (Å²) in [6.07, 6.45) is 5.86. The minimum Gasteiger partial charge on any atom is -0.342 e. The quantitative estimate of drug-likeness (QED) is 0.551. The van der Waals surface area contributed by atoms with Crippen molar-refractivity contribution in [2.75, 3.05) is 39.3 Å². The lowest BCUT2D eigenvalue weighted by atomic mass is 9.76. The van der Waals surface area contributed by atoms with Gasteiger partial charge in [-0.05, 0) is 80.3 Å². The Balaban J connectivity index is 1.07. The Labute approximate surface area is 219 Å². The molecule has 0 bridgehead atoms. The summed E-state index contributed by atoms with van der Waals surface area (Å²) in [5.74, 6) is 1.78. The summed E-state index contributed by atoms with van der Waals surface area (Å²) in [6, 6.07) is 17.2. The molecule has 1 spiro atoms. The van der Waals surface area contributed by atoms with Crippen LogP contribution in [0, 0.1) is 23.1 Å². The van der Waals surface area contributed by atoms with Crippen molar-refractivity contribution in [2.24, 2.45) is 17.3 Å². The first kappa shape index (κ1) is 24.6. The largest absolute Gasteiger partial charge is 0.342 e. The third kappa shape index (κ3) is 5.31. The van der Waals surface area contributed by atoms with Crippen LogP contribution in [-0.4, -0.2) is 65.8 Å². The third-order valence-electron chi connectivity index (χ3n) is 9.38. The Morgan fingerprint density at radius 3 is 2.32 bits per heavy atom. The normalized spacial score (nSPS) is 25.8. The topological polar surface area (TPSA) is 43.9 Å². The molecule has 0 radical (unpaired) electrons. The monoisotopic (exact) mass is 503 g/mol. The van der Waals surface area contributed by atoms with Gasteiger partial charge in [0.15, 0.2) is 0 Å². The highest BCUT2D eigenvalue weighted by Crippen LogP contribution is 2.43. The van der Waals surface area contributed by atoms with Gasteiger partial charge >= 0.3 is 0 Å². The van der Waals surface area contributed by atoms with Crippen LogP contribution in [0.4, 0.5) is 4.39 Å². The molecule has 2 amide bonds. The molecule has 2 unspecified atom stereocenters. The number of hydrogen-bond donors (Lipinski definition) is 0. The maximum absolute atomic E-state index is 13.4. The number of nitrogens with zero attached hydrogens (tertiary/aromatic N) is 3. The Morgan fingerprint density at radius 1 is 0.919 bits per heavy atom. The van der Waals surface area contributed by atoms with E-state index in [-0.39, 0.29) is 17.1 Å². The minimum absolute atomic E-state index is 0.239. The van der Waals surface area contributed by atoms with Gasteiger partial charge in [0.2, 0.25) is 11.8 Å². The van der Waals surface area contributed by atoms with Gasteiger partial charge in [0.25, 0.3) is 0 Å². The molecule has 3 heterocycles. The molecule has 2 aromatic carbocycles. The maximum Gasteiger partial charge on any atom is 0.229 e. The van der Waals surface area contributed by atoms with Crippen LogP contribution in [0.3, 0.4) is 0 Å². The van der Waals surface area contributed by atoms with E-state index in [0.717, 1.165) is 70.5 Å². The van der Waals surface area contributed by atoms with Crippen LogP contribution in [0.15, 0.2) is 54.6 Å². The average Bonchev–Trinajstić information content (AvgIpc) is 3.56. The van der Waals surface area contributed by atoms with E-state index in [4.69, 9.17) is 0 Å². The number of amides is 2. The van der Waals surface area contributed by atoms with Crippen molar-refractivity contribution in [1.29, 1.82) is 0 Å². The molecule has 1 aliphatic carbocycles. The van der Waals surface area contributed by atoms with Gasteiger partial charge in [-0.15, -0.1) is 0 Å². The van der Waals surface area contributed by atoms with Crippen LogP contribution in [0.5, 0.6) is 0 Å². The van der Waals surface area contributed by atoms with Crippen molar-refractivity contribution in [2.45, 2.75) is 51.0 Å². The van der Waals surface area contributed by atoms with Gasteiger partial charge in [-0.3, -0.25) is 9.59 Å². The first-order valence-corrected chi connectivity index (χ1v) is 14.1. The lowest BCUT2D eigenvalue weighted by Crippen LogP contribution is -2.46. The molecule has 2 atom stereocenters. The van der Waals surface area contributed by atoms with Gasteiger partial charge in [-0.25, -0.2) is 4.39 Å². The lowest BCUT2D eigenvalue weighted by molar-refractivity contribution is -0.139. The van der Waals surface area contributed by atoms with Gasteiger partial charge in [0.05, 0.1) is 5.41 Å². The number of likely N-dealkylation sites (tertiary alicyclic amines) is 3. The summed E-state index contributed by atoms with van der Waals surface area (Å²) < 4.78 is 13.3. The molecule has 4 aliphatic rings. The number of rotatable bonds is 7. The van der Waals surface area contributed by atoms with E-state index in [2.05, 4.69) is 40.1 Å². The number of halogens is 1. The van der Waals surface area contributed by atoms with E-state index in [9.17, 15) is 14.0 Å². The predicted octanol–water partition coefficient (Wildman–Crippen LogP) is 4.68. The molecule has 5 nitrogen and oxygen atoms in total. The highest BCUT2D eigenvalue weighted by Gasteiger charge is 2.48. The number of carbonyl (C=O) groups is 2. The smallest absolute Gasteiger partial charge is 0.229 e. The van der Waals surface area contributed by atoms with E-state index < -0.39 is 0 Å². The third-order valence-corrected chi connectivity index (χ3v) is 9.38. The SMILES string of the molecule is O=C(CC1CC1)N1CC(CN2CCC3(CC2)CCN(Cc2ccc(F)cc2)C3=O)C(c2ccccc2)C1. The highest BCUT2D eigenvalue weighted by molar-refractivity contribution is 5.85. The summed E-state index contributed by atoms with van der Waals surface area (Å²) in [5, 5.41) is 0. The van der Waals surface area contributed by atoms with Gasteiger partial charge in [0.1, 0.15) is 5.82 Å². The van der Waals surface area contributed by atoms with Crippen molar-refractivity contribution in [3.63, 3.8) is 0 Å². The fourth-order valence-electron chi connectivity index (χ4n) is 6.85. The molecule has 3 aliphatic heterocycles. The fraction of sp³-hybridized carbons (Fsp3) is 0.548. The van der Waals surface area contributed by atoms with Gasteiger partial charge in [-0.2, -0.15) is 0 Å². The van der Waals surface area contributed by atoms with Crippen LogP contribution in [0.25, 0.3) is 0 Å². The zero-order valence-electron chi connectivity index (χ0n) is 21.7. The highest BCUT2D eigenvalue weighted by atomic mass is 19.1. The number of piperidine rings is 1. The molecule has 0 aromatic heterocycles. The summed E-state index contributed by atoms with van der Waals surface area (Å²) in [4.78, 5) is 33.0. The molecule has 6 rings (SSSR count). The van der Waals surface area contributed by atoms with Crippen molar-refractivity contribution < 1.29 is 14.0 Å². The molecule has 0 N–H and O–H groups in total. The first-order valence-electron chi connectivity index (χ1n) is 14.1. The van der Waals surface area contributed by atoms with Crippen molar-refractivity contribution >= 4 is 11.8 Å². The second-order valence-corrected chi connectivity index (χ2v) is 11.9. The second kappa shape index (κ2) is 10.2. The number of carbonyl (C=O) groups excluding carboxylic acids is 2. The molecule has 2 aromatic rings. The van der Waals surface area contributed by atoms with E-state index in [1.807, 2.05) is 4.90 Å². The maximum atomic E-state index is 13.4.